The van der Waals surface area contributed by atoms with E-state index in [1.165, 1.54) is 45.3 Å². The Morgan fingerprint density at radius 1 is 1.03 bits per heavy atom. The monoisotopic (exact) mass is 497 g/mol. The molecule has 9 nitrogen and oxygen atoms in total. The molecule has 0 bridgehead atoms. The van der Waals surface area contributed by atoms with Gasteiger partial charge in [-0.2, -0.15) is 0 Å². The van der Waals surface area contributed by atoms with Crippen LogP contribution >= 0.6 is 0 Å². The molecule has 0 fully saturated rings. The van der Waals surface area contributed by atoms with E-state index in [1.54, 1.807) is 13.0 Å². The van der Waals surface area contributed by atoms with Crippen LogP contribution in [0.3, 0.4) is 0 Å². The summed E-state index contributed by atoms with van der Waals surface area (Å²) in [6.45, 7) is 5.45. The maximum atomic E-state index is 12.7. The summed E-state index contributed by atoms with van der Waals surface area (Å²) in [7, 11) is -4.32. The summed E-state index contributed by atoms with van der Waals surface area (Å²) >= 11 is 0. The van der Waals surface area contributed by atoms with Gasteiger partial charge in [-0.25, -0.2) is 21.1 Å². The van der Waals surface area contributed by atoms with Gasteiger partial charge >= 0.3 is 0 Å². The van der Waals surface area contributed by atoms with E-state index in [0.717, 1.165) is 26.0 Å². The van der Waals surface area contributed by atoms with Gasteiger partial charge in [0.05, 0.1) is 23.4 Å². The third-order valence-corrected chi connectivity index (χ3v) is 8.02. The van der Waals surface area contributed by atoms with Crippen molar-refractivity contribution in [3.05, 3.63) is 53.6 Å². The van der Waals surface area contributed by atoms with Crippen LogP contribution in [0, 0.1) is 13.8 Å². The number of anilines is 1. The molecule has 1 N–H and O–H groups in total. The maximum absolute atomic E-state index is 12.7. The van der Waals surface area contributed by atoms with Crippen LogP contribution in [0.2, 0.25) is 0 Å². The molecule has 11 heteroatoms. The molecule has 182 valence electrons. The molecule has 2 aromatic rings. The number of amides is 1. The molecule has 33 heavy (non-hydrogen) atoms. The van der Waals surface area contributed by atoms with E-state index in [9.17, 15) is 21.6 Å². The zero-order valence-corrected chi connectivity index (χ0v) is 21.3. The van der Waals surface area contributed by atoms with Gasteiger partial charge in [0, 0.05) is 14.1 Å². The van der Waals surface area contributed by atoms with Gasteiger partial charge in [-0.1, -0.05) is 12.1 Å². The predicted molar refractivity (Wildman–Crippen MR) is 129 cm³/mol. The van der Waals surface area contributed by atoms with Crippen molar-refractivity contribution in [2.45, 2.75) is 31.7 Å². The summed E-state index contributed by atoms with van der Waals surface area (Å²) in [5, 5.41) is 2.69. The number of nitrogens with one attached hydrogen (secondary N) is 1. The third kappa shape index (κ3) is 6.68. The minimum Gasteiger partial charge on any atom is -0.492 e. The highest BCUT2D eigenvalue weighted by molar-refractivity contribution is 7.92. The average molecular weight is 498 g/mol. The SMILES string of the molecule is Cc1ccc(C)c(N([C@H](C)C(=O)NCCOc2ccc(S(=O)(=O)N(C)C)cc2)S(C)(=O)=O)c1. The molecule has 0 radical (unpaired) electrons. The van der Waals surface area contributed by atoms with Crippen molar-refractivity contribution in [2.75, 3.05) is 37.8 Å². The Balaban J connectivity index is 2.00. The minimum atomic E-state index is -3.71. The first-order valence-corrected chi connectivity index (χ1v) is 13.5. The van der Waals surface area contributed by atoms with Crippen LogP contribution in [0.1, 0.15) is 18.1 Å². The lowest BCUT2D eigenvalue weighted by atomic mass is 10.1. The molecule has 0 aliphatic rings. The molecule has 0 aliphatic carbocycles. The zero-order valence-electron chi connectivity index (χ0n) is 19.7. The molecular formula is C22H31N3O6S2. The summed E-state index contributed by atoms with van der Waals surface area (Å²) in [5.41, 5.74) is 2.09. The van der Waals surface area contributed by atoms with Crippen molar-refractivity contribution in [3.63, 3.8) is 0 Å². The molecule has 0 saturated carbocycles. The number of rotatable bonds is 10. The molecular weight excluding hydrogens is 466 g/mol. The standard InChI is InChI=1S/C22H31N3O6S2/c1-16-7-8-17(2)21(15-16)25(32(6,27)28)18(3)22(26)23-13-14-31-19-9-11-20(12-10-19)33(29,30)24(4)5/h7-12,15,18H,13-14H2,1-6H3,(H,23,26)/t18-/m1/s1. The van der Waals surface area contributed by atoms with Gasteiger partial charge < -0.3 is 10.1 Å². The van der Waals surface area contributed by atoms with Gasteiger partial charge in [0.1, 0.15) is 18.4 Å². The van der Waals surface area contributed by atoms with E-state index in [4.69, 9.17) is 4.74 Å². The normalized spacial score (nSPS) is 12.9. The summed E-state index contributed by atoms with van der Waals surface area (Å²) < 4.78 is 56.9. The summed E-state index contributed by atoms with van der Waals surface area (Å²) in [6.07, 6.45) is 1.07. The average Bonchev–Trinajstić information content (AvgIpc) is 2.72. The number of hydrogen-bond acceptors (Lipinski definition) is 6. The Morgan fingerprint density at radius 2 is 1.64 bits per heavy atom. The van der Waals surface area contributed by atoms with Crippen molar-refractivity contribution in [1.29, 1.82) is 0 Å². The van der Waals surface area contributed by atoms with Crippen LogP contribution in [0.25, 0.3) is 0 Å². The first-order valence-electron chi connectivity index (χ1n) is 10.2. The Bertz CT molecular complexity index is 1190. The molecule has 1 amide bonds. The van der Waals surface area contributed by atoms with Crippen molar-refractivity contribution >= 4 is 31.6 Å². The molecule has 0 heterocycles. The largest absolute Gasteiger partial charge is 0.492 e. The Kier molecular flexibility index (Phi) is 8.50. The van der Waals surface area contributed by atoms with Crippen LogP contribution in [-0.4, -0.2) is 66.6 Å². The molecule has 0 aliphatic heterocycles. The topological polar surface area (TPSA) is 113 Å². The summed E-state index contributed by atoms with van der Waals surface area (Å²) in [6, 6.07) is 10.4. The van der Waals surface area contributed by atoms with Gasteiger partial charge in [0.15, 0.2) is 0 Å². The van der Waals surface area contributed by atoms with Crippen LogP contribution in [0.4, 0.5) is 5.69 Å². The number of carbonyl (C=O) groups is 1. The van der Waals surface area contributed by atoms with Crippen LogP contribution in [0.5, 0.6) is 5.75 Å². The number of sulfonamides is 2. The number of benzene rings is 2. The summed E-state index contributed by atoms with van der Waals surface area (Å²) in [4.78, 5) is 12.8. The fourth-order valence-electron chi connectivity index (χ4n) is 3.15. The van der Waals surface area contributed by atoms with E-state index in [-0.39, 0.29) is 18.0 Å². The molecule has 0 aromatic heterocycles. The number of ether oxygens (including phenoxy) is 1. The highest BCUT2D eigenvalue weighted by atomic mass is 32.2. The Hall–Kier alpha value is -2.63. The quantitative estimate of drug-likeness (QED) is 0.502. The highest BCUT2D eigenvalue weighted by Gasteiger charge is 2.30. The first kappa shape index (κ1) is 26.6. The molecule has 2 aromatic carbocycles. The molecule has 0 spiro atoms. The van der Waals surface area contributed by atoms with Crippen LogP contribution in [-0.2, 0) is 24.8 Å². The first-order chi connectivity index (χ1) is 15.2. The maximum Gasteiger partial charge on any atom is 0.243 e. The van der Waals surface area contributed by atoms with Crippen LogP contribution < -0.4 is 14.4 Å². The van der Waals surface area contributed by atoms with Gasteiger partial charge in [-0.15, -0.1) is 0 Å². The zero-order chi connectivity index (χ0) is 25.0. The number of hydrogen-bond donors (Lipinski definition) is 1. The minimum absolute atomic E-state index is 0.126. The van der Waals surface area contributed by atoms with Crippen LogP contribution in [0.15, 0.2) is 47.4 Å². The second-order valence-electron chi connectivity index (χ2n) is 7.92. The van der Waals surface area contributed by atoms with Crippen molar-refractivity contribution in [1.82, 2.24) is 9.62 Å². The Morgan fingerprint density at radius 3 is 2.18 bits per heavy atom. The van der Waals surface area contributed by atoms with Crippen molar-refractivity contribution in [2.24, 2.45) is 0 Å². The van der Waals surface area contributed by atoms with E-state index in [1.807, 2.05) is 19.1 Å². The second-order valence-corrected chi connectivity index (χ2v) is 11.9. The van der Waals surface area contributed by atoms with E-state index in [2.05, 4.69) is 5.32 Å². The number of nitrogens with zero attached hydrogens (tertiary/aromatic N) is 2. The summed E-state index contributed by atoms with van der Waals surface area (Å²) in [5.74, 6) is -0.0134. The van der Waals surface area contributed by atoms with Crippen molar-refractivity contribution in [3.8, 4) is 5.75 Å². The highest BCUT2D eigenvalue weighted by Crippen LogP contribution is 2.26. The van der Waals surface area contributed by atoms with Crippen molar-refractivity contribution < 1.29 is 26.4 Å². The Labute approximate surface area is 196 Å². The van der Waals surface area contributed by atoms with Gasteiger partial charge in [0.2, 0.25) is 26.0 Å². The fraction of sp³-hybridized carbons (Fsp3) is 0.409. The third-order valence-electron chi connectivity index (χ3n) is 4.96. The number of aryl methyl sites for hydroxylation is 2. The van der Waals surface area contributed by atoms with E-state index < -0.39 is 32.0 Å². The predicted octanol–water partition coefficient (Wildman–Crippen LogP) is 1.90. The smallest absolute Gasteiger partial charge is 0.243 e. The van der Waals surface area contributed by atoms with Gasteiger partial charge in [0.25, 0.3) is 0 Å². The van der Waals surface area contributed by atoms with E-state index in [0.29, 0.717) is 11.4 Å². The lowest BCUT2D eigenvalue weighted by molar-refractivity contribution is -0.121. The molecule has 2 rings (SSSR count). The van der Waals surface area contributed by atoms with Gasteiger partial charge in [-0.3, -0.25) is 9.10 Å². The van der Waals surface area contributed by atoms with Gasteiger partial charge in [-0.05, 0) is 62.2 Å². The molecule has 0 unspecified atom stereocenters. The second kappa shape index (κ2) is 10.5. The van der Waals surface area contributed by atoms with E-state index >= 15 is 0 Å². The lowest BCUT2D eigenvalue weighted by Crippen LogP contribution is -2.48. The fourth-order valence-corrected chi connectivity index (χ4v) is 5.27. The molecule has 1 atom stereocenters. The lowest BCUT2D eigenvalue weighted by Gasteiger charge is -2.29. The molecule has 0 saturated heterocycles. The number of carbonyl (C=O) groups excluding carboxylic acids is 1.